The van der Waals surface area contributed by atoms with Gasteiger partial charge in [-0.2, -0.15) is 0 Å². The number of hydrogen-bond donors (Lipinski definition) is 1. The highest BCUT2D eigenvalue weighted by Crippen LogP contribution is 2.35. The maximum absolute atomic E-state index is 13.0. The van der Waals surface area contributed by atoms with Crippen LogP contribution in [0.5, 0.6) is 0 Å². The van der Waals surface area contributed by atoms with Gasteiger partial charge >= 0.3 is 6.09 Å². The van der Waals surface area contributed by atoms with Gasteiger partial charge in [-0.05, 0) is 33.6 Å². The number of alkyl halides is 2. The van der Waals surface area contributed by atoms with Gasteiger partial charge in [-0.3, -0.25) is 4.90 Å². The summed E-state index contributed by atoms with van der Waals surface area (Å²) >= 11 is 0. The largest absolute Gasteiger partial charge is 0.444 e. The molecule has 2 heterocycles. The van der Waals surface area contributed by atoms with Crippen LogP contribution in [0.25, 0.3) is 0 Å². The van der Waals surface area contributed by atoms with Crippen molar-refractivity contribution in [3.63, 3.8) is 0 Å². The van der Waals surface area contributed by atoms with Gasteiger partial charge in [0.1, 0.15) is 5.60 Å². The Balaban J connectivity index is 2.12. The Hall–Kier alpha value is -0.910. The summed E-state index contributed by atoms with van der Waals surface area (Å²) in [5, 5.41) is 3.18. The quantitative estimate of drug-likeness (QED) is 0.850. The van der Waals surface area contributed by atoms with Gasteiger partial charge < -0.3 is 10.1 Å². The molecular formula is C14H24F2N2O2. The van der Waals surface area contributed by atoms with Crippen molar-refractivity contribution in [2.24, 2.45) is 5.92 Å². The Morgan fingerprint density at radius 3 is 2.55 bits per heavy atom. The minimum absolute atomic E-state index is 0.0657. The third-order valence-electron chi connectivity index (χ3n) is 4.12. The second kappa shape index (κ2) is 5.47. The summed E-state index contributed by atoms with van der Waals surface area (Å²) < 4.78 is 31.3. The van der Waals surface area contributed by atoms with Crippen molar-refractivity contribution in [3.05, 3.63) is 0 Å². The molecule has 1 N–H and O–H groups in total. The highest BCUT2D eigenvalue weighted by molar-refractivity contribution is 5.70. The molecule has 4 nitrogen and oxygen atoms in total. The summed E-state index contributed by atoms with van der Waals surface area (Å²) in [7, 11) is 0. The van der Waals surface area contributed by atoms with Crippen LogP contribution in [-0.4, -0.2) is 47.7 Å². The van der Waals surface area contributed by atoms with Crippen molar-refractivity contribution in [2.75, 3.05) is 6.54 Å². The van der Waals surface area contributed by atoms with Crippen LogP contribution in [0.15, 0.2) is 0 Å². The van der Waals surface area contributed by atoms with Crippen LogP contribution in [0.4, 0.5) is 13.6 Å². The molecule has 0 aliphatic carbocycles. The van der Waals surface area contributed by atoms with Crippen LogP contribution >= 0.6 is 0 Å². The predicted molar refractivity (Wildman–Crippen MR) is 71.8 cm³/mol. The third-order valence-corrected chi connectivity index (χ3v) is 4.12. The highest BCUT2D eigenvalue weighted by Gasteiger charge is 2.48. The van der Waals surface area contributed by atoms with E-state index in [1.165, 1.54) is 6.92 Å². The monoisotopic (exact) mass is 290 g/mol. The van der Waals surface area contributed by atoms with E-state index in [4.69, 9.17) is 4.74 Å². The standard InChI is InChI=1S/C14H24F2N2O2/c1-8(12(15)16)11-10-6-5-9(7-17-11)18(10)13(19)20-14(2,3)4/h8-12,17H,5-7H2,1-4H3/t8-,9+,10-,11+/m0/s1. The summed E-state index contributed by atoms with van der Waals surface area (Å²) in [5.74, 6) is -0.774. The van der Waals surface area contributed by atoms with E-state index in [1.54, 1.807) is 4.90 Å². The van der Waals surface area contributed by atoms with E-state index in [2.05, 4.69) is 5.32 Å². The van der Waals surface area contributed by atoms with Gasteiger partial charge in [0, 0.05) is 24.5 Å². The fourth-order valence-electron chi connectivity index (χ4n) is 3.17. The van der Waals surface area contributed by atoms with E-state index in [0.29, 0.717) is 6.54 Å². The lowest BCUT2D eigenvalue weighted by Crippen LogP contribution is -2.62. The normalized spacial score (nSPS) is 31.6. The summed E-state index contributed by atoms with van der Waals surface area (Å²) in [6.45, 7) is 7.54. The number of amides is 1. The lowest BCUT2D eigenvalue weighted by molar-refractivity contribution is -0.0134. The van der Waals surface area contributed by atoms with Gasteiger partial charge in [0.05, 0.1) is 6.04 Å². The van der Waals surface area contributed by atoms with Crippen LogP contribution < -0.4 is 5.32 Å². The average molecular weight is 290 g/mol. The topological polar surface area (TPSA) is 41.6 Å². The average Bonchev–Trinajstić information content (AvgIpc) is 2.61. The highest BCUT2D eigenvalue weighted by atomic mass is 19.3. The Morgan fingerprint density at radius 2 is 2.00 bits per heavy atom. The second-order valence-corrected chi connectivity index (χ2v) is 6.81. The summed E-state index contributed by atoms with van der Waals surface area (Å²) in [6, 6.07) is -0.482. The molecule has 0 aromatic carbocycles. The predicted octanol–water partition coefficient (Wildman–Crippen LogP) is 2.63. The first-order valence-electron chi connectivity index (χ1n) is 7.23. The number of carbonyl (C=O) groups excluding carboxylic acids is 1. The lowest BCUT2D eigenvalue weighted by atomic mass is 9.93. The maximum Gasteiger partial charge on any atom is 0.410 e. The van der Waals surface area contributed by atoms with Gasteiger partial charge in [-0.1, -0.05) is 6.92 Å². The van der Waals surface area contributed by atoms with Gasteiger partial charge in [0.2, 0.25) is 6.43 Å². The van der Waals surface area contributed by atoms with Gasteiger partial charge in [-0.15, -0.1) is 0 Å². The number of nitrogens with zero attached hydrogens (tertiary/aromatic N) is 1. The van der Waals surface area contributed by atoms with E-state index in [9.17, 15) is 13.6 Å². The second-order valence-electron chi connectivity index (χ2n) is 6.81. The Bertz CT molecular complexity index is 371. The Kier molecular flexibility index (Phi) is 4.23. The number of halogens is 2. The fourth-order valence-corrected chi connectivity index (χ4v) is 3.17. The molecule has 2 fully saturated rings. The maximum atomic E-state index is 13.0. The van der Waals surface area contributed by atoms with E-state index in [0.717, 1.165) is 12.8 Å². The van der Waals surface area contributed by atoms with Gasteiger partial charge in [-0.25, -0.2) is 13.6 Å². The number of piperazine rings is 1. The zero-order chi connectivity index (χ0) is 15.1. The molecule has 20 heavy (non-hydrogen) atoms. The van der Waals surface area contributed by atoms with Crippen LogP contribution in [0.3, 0.4) is 0 Å². The van der Waals surface area contributed by atoms with Gasteiger partial charge in [0.15, 0.2) is 0 Å². The summed E-state index contributed by atoms with van der Waals surface area (Å²) in [5.41, 5.74) is -0.564. The first-order chi connectivity index (χ1) is 9.20. The molecule has 2 aliphatic heterocycles. The summed E-state index contributed by atoms with van der Waals surface area (Å²) in [4.78, 5) is 14.0. The van der Waals surface area contributed by atoms with Crippen LogP contribution in [0.1, 0.15) is 40.5 Å². The molecule has 0 spiro atoms. The van der Waals surface area contributed by atoms with Crippen LogP contribution in [0, 0.1) is 5.92 Å². The number of nitrogens with one attached hydrogen (secondary N) is 1. The van der Waals surface area contributed by atoms with E-state index in [-0.39, 0.29) is 24.2 Å². The van der Waals surface area contributed by atoms with Crippen molar-refractivity contribution >= 4 is 6.09 Å². The zero-order valence-electron chi connectivity index (χ0n) is 12.5. The first-order valence-corrected chi connectivity index (χ1v) is 7.23. The van der Waals surface area contributed by atoms with E-state index >= 15 is 0 Å². The van der Waals surface area contributed by atoms with Crippen molar-refractivity contribution in [1.29, 1.82) is 0 Å². The minimum atomic E-state index is -2.38. The van der Waals surface area contributed by atoms with Crippen molar-refractivity contribution in [1.82, 2.24) is 10.2 Å². The number of carbonyl (C=O) groups is 1. The lowest BCUT2D eigenvalue weighted by Gasteiger charge is -2.43. The Morgan fingerprint density at radius 1 is 1.35 bits per heavy atom. The smallest absolute Gasteiger partial charge is 0.410 e. The van der Waals surface area contributed by atoms with Gasteiger partial charge in [0.25, 0.3) is 0 Å². The molecule has 0 saturated carbocycles. The van der Waals surface area contributed by atoms with Crippen LogP contribution in [-0.2, 0) is 4.74 Å². The molecule has 0 radical (unpaired) electrons. The van der Waals surface area contributed by atoms with Crippen molar-refractivity contribution < 1.29 is 18.3 Å². The SMILES string of the molecule is C[C@H](C(F)F)[C@H]1NC[C@H]2CC[C@@H]1N2C(=O)OC(C)(C)C. The molecule has 6 heteroatoms. The molecule has 2 aliphatic rings. The molecule has 2 bridgehead atoms. The minimum Gasteiger partial charge on any atom is -0.444 e. The molecule has 2 rings (SSSR count). The van der Waals surface area contributed by atoms with E-state index < -0.39 is 17.9 Å². The number of rotatable bonds is 2. The molecule has 1 amide bonds. The Labute approximate surface area is 118 Å². The van der Waals surface area contributed by atoms with E-state index in [1.807, 2.05) is 20.8 Å². The fraction of sp³-hybridized carbons (Fsp3) is 0.929. The molecule has 0 aromatic heterocycles. The number of ether oxygens (including phenoxy) is 1. The number of hydrogen-bond acceptors (Lipinski definition) is 3. The zero-order valence-corrected chi connectivity index (χ0v) is 12.5. The van der Waals surface area contributed by atoms with Crippen LogP contribution in [0.2, 0.25) is 0 Å². The summed E-state index contributed by atoms with van der Waals surface area (Å²) in [6.07, 6.45) is -1.15. The first kappa shape index (κ1) is 15.5. The van der Waals surface area contributed by atoms with Crippen molar-refractivity contribution in [2.45, 2.75) is 70.7 Å². The molecular weight excluding hydrogens is 266 g/mol. The number of fused-ring (bicyclic) bond motifs is 2. The molecule has 0 aromatic rings. The van der Waals surface area contributed by atoms with Crippen molar-refractivity contribution in [3.8, 4) is 0 Å². The molecule has 2 saturated heterocycles. The molecule has 4 atom stereocenters. The molecule has 116 valence electrons. The third kappa shape index (κ3) is 3.05. The molecule has 0 unspecified atom stereocenters.